The van der Waals surface area contributed by atoms with Gasteiger partial charge in [-0.25, -0.2) is 4.79 Å². The van der Waals surface area contributed by atoms with Gasteiger partial charge < -0.3 is 9.52 Å². The number of hydrogen-bond acceptors (Lipinski definition) is 2. The molecular weight excluding hydrogens is 300 g/mol. The van der Waals surface area contributed by atoms with Crippen LogP contribution < -0.4 is 0 Å². The van der Waals surface area contributed by atoms with E-state index in [2.05, 4.69) is 45.9 Å². The number of fused-ring (bicyclic) bond motifs is 1. The molecule has 1 aliphatic rings. The van der Waals surface area contributed by atoms with Crippen LogP contribution in [0.4, 0.5) is 0 Å². The van der Waals surface area contributed by atoms with E-state index in [1.54, 1.807) is 6.26 Å². The Morgan fingerprint density at radius 3 is 2.38 bits per heavy atom. The van der Waals surface area contributed by atoms with Crippen molar-refractivity contribution in [2.45, 2.75) is 51.4 Å². The number of carboxylic acid groups (broad SMARTS) is 1. The number of rotatable bonds is 3. The van der Waals surface area contributed by atoms with Gasteiger partial charge in [0.1, 0.15) is 5.76 Å². The van der Waals surface area contributed by atoms with Gasteiger partial charge in [0.25, 0.3) is 0 Å². The Hall–Kier alpha value is -2.29. The molecule has 1 heterocycles. The second-order valence-electron chi connectivity index (χ2n) is 7.94. The maximum Gasteiger partial charge on any atom is 0.328 e. The maximum atomic E-state index is 10.6. The Morgan fingerprint density at radius 2 is 1.71 bits per heavy atom. The number of carboxylic acids is 1. The van der Waals surface area contributed by atoms with E-state index in [0.29, 0.717) is 5.76 Å². The molecule has 24 heavy (non-hydrogen) atoms. The molecule has 126 valence electrons. The van der Waals surface area contributed by atoms with Gasteiger partial charge >= 0.3 is 5.97 Å². The minimum absolute atomic E-state index is 0.163. The molecule has 0 saturated carbocycles. The summed E-state index contributed by atoms with van der Waals surface area (Å²) in [4.78, 5) is 10.6. The third-order valence-electron chi connectivity index (χ3n) is 5.20. The lowest BCUT2D eigenvalue weighted by molar-refractivity contribution is -0.131. The zero-order chi connectivity index (χ0) is 17.5. The zero-order valence-corrected chi connectivity index (χ0v) is 14.7. The van der Waals surface area contributed by atoms with E-state index in [9.17, 15) is 4.79 Å². The maximum absolute atomic E-state index is 10.6. The Balaban J connectivity index is 2.01. The Bertz CT molecular complexity index is 806. The van der Waals surface area contributed by atoms with Crippen molar-refractivity contribution in [2.75, 3.05) is 0 Å². The molecule has 1 N–H and O–H groups in total. The van der Waals surface area contributed by atoms with Crippen LogP contribution in [0.15, 0.2) is 41.0 Å². The number of hydrogen-bond donors (Lipinski definition) is 1. The zero-order valence-electron chi connectivity index (χ0n) is 14.7. The second-order valence-corrected chi connectivity index (χ2v) is 7.94. The van der Waals surface area contributed by atoms with Crippen molar-refractivity contribution in [3.8, 4) is 11.1 Å². The van der Waals surface area contributed by atoms with E-state index in [4.69, 9.17) is 9.52 Å². The highest BCUT2D eigenvalue weighted by atomic mass is 16.4. The van der Waals surface area contributed by atoms with E-state index < -0.39 is 5.97 Å². The first kappa shape index (κ1) is 16.6. The van der Waals surface area contributed by atoms with Gasteiger partial charge in [-0.3, -0.25) is 0 Å². The first-order valence-corrected chi connectivity index (χ1v) is 8.34. The molecule has 0 amide bonds. The average molecular weight is 324 g/mol. The Kier molecular flexibility index (Phi) is 3.90. The lowest BCUT2D eigenvalue weighted by atomic mass is 9.63. The predicted octanol–water partition coefficient (Wildman–Crippen LogP) is 5.39. The van der Waals surface area contributed by atoms with Crippen LogP contribution in [0, 0.1) is 0 Å². The van der Waals surface area contributed by atoms with E-state index in [1.165, 1.54) is 30.0 Å². The lowest BCUT2D eigenvalue weighted by Crippen LogP contribution is -2.33. The molecule has 0 unspecified atom stereocenters. The minimum Gasteiger partial charge on any atom is -0.478 e. The normalized spacial score (nSPS) is 18.5. The summed E-state index contributed by atoms with van der Waals surface area (Å²) in [5.74, 6) is -0.435. The smallest absolute Gasteiger partial charge is 0.328 e. The van der Waals surface area contributed by atoms with Gasteiger partial charge in [-0.05, 0) is 52.5 Å². The molecule has 2 aromatic rings. The van der Waals surface area contributed by atoms with Crippen molar-refractivity contribution in [3.63, 3.8) is 0 Å². The van der Waals surface area contributed by atoms with E-state index in [0.717, 1.165) is 17.2 Å². The van der Waals surface area contributed by atoms with Crippen LogP contribution in [0.5, 0.6) is 0 Å². The molecule has 1 aromatic carbocycles. The fourth-order valence-corrected chi connectivity index (χ4v) is 3.51. The molecule has 3 heteroatoms. The van der Waals surface area contributed by atoms with Gasteiger partial charge in [-0.2, -0.15) is 0 Å². The monoisotopic (exact) mass is 324 g/mol. The summed E-state index contributed by atoms with van der Waals surface area (Å²) in [6.45, 7) is 9.24. The van der Waals surface area contributed by atoms with Gasteiger partial charge in [-0.1, -0.05) is 45.9 Å². The molecule has 0 saturated heterocycles. The molecule has 3 rings (SSSR count). The van der Waals surface area contributed by atoms with Gasteiger partial charge in [0, 0.05) is 11.6 Å². The summed E-state index contributed by atoms with van der Waals surface area (Å²) in [7, 11) is 0. The van der Waals surface area contributed by atoms with Gasteiger partial charge in [0.05, 0.1) is 6.26 Å². The molecular formula is C21H24O3. The second kappa shape index (κ2) is 5.66. The lowest BCUT2D eigenvalue weighted by Gasteiger charge is -2.42. The first-order valence-electron chi connectivity index (χ1n) is 8.34. The average Bonchev–Trinajstić information content (AvgIpc) is 2.99. The van der Waals surface area contributed by atoms with Crippen LogP contribution in [0.25, 0.3) is 17.2 Å². The molecule has 0 atom stereocenters. The molecule has 3 nitrogen and oxygen atoms in total. The summed E-state index contributed by atoms with van der Waals surface area (Å²) in [5.41, 5.74) is 5.28. The van der Waals surface area contributed by atoms with E-state index in [-0.39, 0.29) is 10.8 Å². The van der Waals surface area contributed by atoms with Gasteiger partial charge in [0.2, 0.25) is 0 Å². The number of furan rings is 1. The van der Waals surface area contributed by atoms with E-state index in [1.807, 2.05) is 6.07 Å². The first-order chi connectivity index (χ1) is 11.2. The third kappa shape index (κ3) is 3.03. The fourth-order valence-electron chi connectivity index (χ4n) is 3.51. The van der Waals surface area contributed by atoms with Crippen molar-refractivity contribution in [1.29, 1.82) is 0 Å². The standard InChI is InChI=1S/C21H24O3/c1-20(2)9-10-21(3,4)18-12-14(5-7-17(18)20)15-11-16(24-13-15)6-8-19(22)23/h5-8,11-13H,9-10H2,1-4H3,(H,22,23)/b8-6+. The van der Waals surface area contributed by atoms with Crippen LogP contribution in [0.3, 0.4) is 0 Å². The topological polar surface area (TPSA) is 50.4 Å². The van der Waals surface area contributed by atoms with Crippen LogP contribution in [0.1, 0.15) is 57.4 Å². The summed E-state index contributed by atoms with van der Waals surface area (Å²) < 4.78 is 5.46. The largest absolute Gasteiger partial charge is 0.478 e. The molecule has 0 bridgehead atoms. The molecule has 0 aliphatic heterocycles. The molecule has 0 spiro atoms. The fraction of sp³-hybridized carbons (Fsp3) is 0.381. The highest BCUT2D eigenvalue weighted by molar-refractivity contribution is 5.85. The van der Waals surface area contributed by atoms with Crippen molar-refractivity contribution in [2.24, 2.45) is 0 Å². The van der Waals surface area contributed by atoms with Crippen LogP contribution in [0.2, 0.25) is 0 Å². The SMILES string of the molecule is CC1(C)CCC(C)(C)c2cc(-c3coc(/C=C/C(=O)O)c3)ccc21. The molecule has 0 radical (unpaired) electrons. The van der Waals surface area contributed by atoms with Crippen LogP contribution >= 0.6 is 0 Å². The molecule has 0 fully saturated rings. The third-order valence-corrected chi connectivity index (χ3v) is 5.20. The Labute approximate surface area is 143 Å². The Morgan fingerprint density at radius 1 is 1.04 bits per heavy atom. The van der Waals surface area contributed by atoms with E-state index >= 15 is 0 Å². The summed E-state index contributed by atoms with van der Waals surface area (Å²) in [5, 5.41) is 8.71. The highest BCUT2D eigenvalue weighted by Crippen LogP contribution is 2.46. The molecule has 1 aromatic heterocycles. The van der Waals surface area contributed by atoms with Gasteiger partial charge in [-0.15, -0.1) is 0 Å². The summed E-state index contributed by atoms with van der Waals surface area (Å²) >= 11 is 0. The van der Waals surface area contributed by atoms with Crippen molar-refractivity contribution in [3.05, 3.63) is 53.5 Å². The van der Waals surface area contributed by atoms with Crippen molar-refractivity contribution < 1.29 is 14.3 Å². The predicted molar refractivity (Wildman–Crippen MR) is 96.1 cm³/mol. The number of carbonyl (C=O) groups is 1. The quantitative estimate of drug-likeness (QED) is 0.770. The van der Waals surface area contributed by atoms with Crippen molar-refractivity contribution in [1.82, 2.24) is 0 Å². The van der Waals surface area contributed by atoms with Crippen molar-refractivity contribution >= 4 is 12.0 Å². The summed E-state index contributed by atoms with van der Waals surface area (Å²) in [6.07, 6.45) is 6.61. The van der Waals surface area contributed by atoms with Crippen LogP contribution in [-0.2, 0) is 15.6 Å². The van der Waals surface area contributed by atoms with Crippen LogP contribution in [-0.4, -0.2) is 11.1 Å². The minimum atomic E-state index is -0.981. The number of aliphatic carboxylic acids is 1. The summed E-state index contributed by atoms with van der Waals surface area (Å²) in [6, 6.07) is 8.52. The highest BCUT2D eigenvalue weighted by Gasteiger charge is 2.36. The van der Waals surface area contributed by atoms with Gasteiger partial charge in [0.15, 0.2) is 0 Å². The number of benzene rings is 1. The molecule has 1 aliphatic carbocycles.